The van der Waals surface area contributed by atoms with Crippen molar-refractivity contribution in [1.29, 1.82) is 0 Å². The van der Waals surface area contributed by atoms with Gasteiger partial charge >= 0.3 is 6.09 Å². The first kappa shape index (κ1) is 27.9. The topological polar surface area (TPSA) is 69.3 Å². The van der Waals surface area contributed by atoms with Crippen LogP contribution in [0.15, 0.2) is 66.7 Å². The van der Waals surface area contributed by atoms with Gasteiger partial charge in [0.2, 0.25) is 0 Å². The molecule has 1 aliphatic heterocycles. The van der Waals surface area contributed by atoms with Gasteiger partial charge < -0.3 is 29.2 Å². The van der Waals surface area contributed by atoms with Gasteiger partial charge in [0.05, 0.1) is 25.9 Å². The van der Waals surface area contributed by atoms with Crippen LogP contribution in [0.3, 0.4) is 0 Å². The van der Waals surface area contributed by atoms with Crippen molar-refractivity contribution >= 4 is 23.9 Å². The summed E-state index contributed by atoms with van der Waals surface area (Å²) in [5, 5.41) is 3.52. The molecule has 39 heavy (non-hydrogen) atoms. The van der Waals surface area contributed by atoms with Crippen LogP contribution in [-0.4, -0.2) is 49.9 Å². The normalized spacial score (nSPS) is 15.3. The quantitative estimate of drug-likeness (QED) is 0.289. The number of hydrogen-bond donors (Lipinski definition) is 1. The Balaban J connectivity index is 1.52. The van der Waals surface area contributed by atoms with E-state index in [-0.39, 0.29) is 12.1 Å². The van der Waals surface area contributed by atoms with Crippen molar-refractivity contribution in [1.82, 2.24) is 4.90 Å². The Labute approximate surface area is 231 Å². The predicted octanol–water partition coefficient (Wildman–Crippen LogP) is 7.48. The number of rotatable bonds is 9. The molecule has 0 spiro atoms. The van der Waals surface area contributed by atoms with Gasteiger partial charge in [-0.25, -0.2) is 4.79 Å². The van der Waals surface area contributed by atoms with E-state index in [0.717, 1.165) is 41.2 Å². The standard InChI is InChI=1S/C32H38N2O5/c1-32(2,3)39-31(35)34-20-6-7-25(34)22-33-29-19-12-24(9-8-23-10-13-26(36-4)14-11-23)21-30(29)38-28-17-15-27(37-5)16-18-28/h8-19,21,25,33H,6-7,20,22H2,1-5H3/b9-8+/t25-/m0/s1. The highest BCUT2D eigenvalue weighted by Crippen LogP contribution is 2.33. The molecule has 206 valence electrons. The molecule has 1 fully saturated rings. The molecule has 1 aliphatic rings. The molecule has 1 heterocycles. The van der Waals surface area contributed by atoms with Crippen molar-refractivity contribution in [3.63, 3.8) is 0 Å². The lowest BCUT2D eigenvalue weighted by Gasteiger charge is -2.29. The van der Waals surface area contributed by atoms with Crippen LogP contribution in [0, 0.1) is 0 Å². The summed E-state index contributed by atoms with van der Waals surface area (Å²) in [7, 11) is 3.30. The molecule has 0 radical (unpaired) electrons. The maximum Gasteiger partial charge on any atom is 0.410 e. The largest absolute Gasteiger partial charge is 0.497 e. The number of nitrogens with one attached hydrogen (secondary N) is 1. The van der Waals surface area contributed by atoms with Crippen LogP contribution in [0.5, 0.6) is 23.0 Å². The Morgan fingerprint density at radius 1 is 0.897 bits per heavy atom. The smallest absolute Gasteiger partial charge is 0.410 e. The Morgan fingerprint density at radius 3 is 2.13 bits per heavy atom. The highest BCUT2D eigenvalue weighted by Gasteiger charge is 2.32. The number of carbonyl (C=O) groups is 1. The van der Waals surface area contributed by atoms with E-state index >= 15 is 0 Å². The fraction of sp³-hybridized carbons (Fsp3) is 0.344. The second-order valence-corrected chi connectivity index (χ2v) is 10.5. The average molecular weight is 531 g/mol. The number of amides is 1. The number of anilines is 1. The number of likely N-dealkylation sites (tertiary alicyclic amines) is 1. The van der Waals surface area contributed by atoms with Gasteiger partial charge in [-0.2, -0.15) is 0 Å². The maximum atomic E-state index is 12.7. The van der Waals surface area contributed by atoms with Gasteiger partial charge in [0.15, 0.2) is 5.75 Å². The summed E-state index contributed by atoms with van der Waals surface area (Å²) in [6, 6.07) is 21.5. The van der Waals surface area contributed by atoms with Gasteiger partial charge in [0.25, 0.3) is 0 Å². The Morgan fingerprint density at radius 2 is 1.49 bits per heavy atom. The Bertz CT molecular complexity index is 1260. The van der Waals surface area contributed by atoms with Crippen molar-refractivity contribution in [3.8, 4) is 23.0 Å². The minimum Gasteiger partial charge on any atom is -0.497 e. The molecule has 0 unspecified atom stereocenters. The van der Waals surface area contributed by atoms with E-state index in [4.69, 9.17) is 18.9 Å². The third-order valence-electron chi connectivity index (χ3n) is 6.41. The van der Waals surface area contributed by atoms with E-state index in [2.05, 4.69) is 11.4 Å². The number of nitrogens with zero attached hydrogens (tertiary/aromatic N) is 1. The molecular formula is C32H38N2O5. The fourth-order valence-electron chi connectivity index (χ4n) is 4.39. The Hall–Kier alpha value is -4.13. The molecule has 0 bridgehead atoms. The van der Waals surface area contributed by atoms with E-state index in [0.29, 0.717) is 24.6 Å². The molecule has 4 rings (SSSR count). The van der Waals surface area contributed by atoms with Gasteiger partial charge in [-0.1, -0.05) is 30.4 Å². The molecule has 3 aromatic carbocycles. The predicted molar refractivity (Wildman–Crippen MR) is 156 cm³/mol. The van der Waals surface area contributed by atoms with E-state index in [9.17, 15) is 4.79 Å². The number of carbonyl (C=O) groups excluding carboxylic acids is 1. The summed E-state index contributed by atoms with van der Waals surface area (Å²) in [6.45, 7) is 6.97. The molecule has 1 N–H and O–H groups in total. The van der Waals surface area contributed by atoms with Crippen LogP contribution < -0.4 is 19.5 Å². The lowest BCUT2D eigenvalue weighted by atomic mass is 10.1. The Kier molecular flexibility index (Phi) is 9.02. The summed E-state index contributed by atoms with van der Waals surface area (Å²) in [6.07, 6.45) is 5.71. The van der Waals surface area contributed by atoms with Crippen molar-refractivity contribution in [3.05, 3.63) is 77.9 Å². The van der Waals surface area contributed by atoms with Crippen molar-refractivity contribution in [2.75, 3.05) is 32.6 Å². The lowest BCUT2D eigenvalue weighted by molar-refractivity contribution is 0.0235. The van der Waals surface area contributed by atoms with Crippen molar-refractivity contribution in [2.24, 2.45) is 0 Å². The van der Waals surface area contributed by atoms with Crippen LogP contribution in [-0.2, 0) is 4.74 Å². The average Bonchev–Trinajstić information content (AvgIpc) is 3.40. The number of methoxy groups -OCH3 is 2. The molecule has 0 aliphatic carbocycles. The first-order valence-electron chi connectivity index (χ1n) is 13.3. The fourth-order valence-corrected chi connectivity index (χ4v) is 4.39. The van der Waals surface area contributed by atoms with Gasteiger partial charge in [-0.05, 0) is 93.3 Å². The molecule has 3 aromatic rings. The monoisotopic (exact) mass is 530 g/mol. The molecule has 0 saturated carbocycles. The zero-order valence-corrected chi connectivity index (χ0v) is 23.4. The summed E-state index contributed by atoms with van der Waals surface area (Å²) < 4.78 is 22.5. The highest BCUT2D eigenvalue weighted by atomic mass is 16.6. The zero-order chi connectivity index (χ0) is 27.8. The minimum atomic E-state index is -0.522. The van der Waals surface area contributed by atoms with Gasteiger partial charge in [-0.15, -0.1) is 0 Å². The molecule has 0 aromatic heterocycles. The van der Waals surface area contributed by atoms with E-state index < -0.39 is 5.60 Å². The summed E-state index contributed by atoms with van der Waals surface area (Å²) >= 11 is 0. The van der Waals surface area contributed by atoms with Gasteiger partial charge in [0.1, 0.15) is 22.8 Å². The second kappa shape index (κ2) is 12.6. The molecule has 1 saturated heterocycles. The SMILES string of the molecule is COc1ccc(/C=C/c2ccc(NC[C@@H]3CCCN3C(=O)OC(C)(C)C)c(Oc3ccc(OC)cc3)c2)cc1. The maximum absolute atomic E-state index is 12.7. The molecule has 1 amide bonds. The number of ether oxygens (including phenoxy) is 4. The minimum absolute atomic E-state index is 0.0448. The third-order valence-corrected chi connectivity index (χ3v) is 6.41. The van der Waals surface area contributed by atoms with Crippen LogP contribution in [0.1, 0.15) is 44.7 Å². The zero-order valence-electron chi connectivity index (χ0n) is 23.4. The number of benzene rings is 3. The van der Waals surface area contributed by atoms with E-state index in [1.165, 1.54) is 0 Å². The molecule has 7 nitrogen and oxygen atoms in total. The van der Waals surface area contributed by atoms with Crippen molar-refractivity contribution < 1.29 is 23.7 Å². The van der Waals surface area contributed by atoms with Crippen LogP contribution in [0.4, 0.5) is 10.5 Å². The van der Waals surface area contributed by atoms with E-state index in [1.54, 1.807) is 14.2 Å². The summed E-state index contributed by atoms with van der Waals surface area (Å²) in [4.78, 5) is 14.6. The lowest BCUT2D eigenvalue weighted by Crippen LogP contribution is -2.42. The molecule has 1 atom stereocenters. The first-order valence-corrected chi connectivity index (χ1v) is 13.3. The second-order valence-electron chi connectivity index (χ2n) is 10.5. The van der Waals surface area contributed by atoms with Gasteiger partial charge in [-0.3, -0.25) is 0 Å². The van der Waals surface area contributed by atoms with Crippen LogP contribution in [0.25, 0.3) is 12.2 Å². The number of hydrogen-bond acceptors (Lipinski definition) is 6. The van der Waals surface area contributed by atoms with Gasteiger partial charge in [0, 0.05) is 13.1 Å². The third kappa shape index (κ3) is 7.93. The van der Waals surface area contributed by atoms with Crippen LogP contribution >= 0.6 is 0 Å². The summed E-state index contributed by atoms with van der Waals surface area (Å²) in [5.74, 6) is 2.98. The first-order chi connectivity index (χ1) is 18.7. The van der Waals surface area contributed by atoms with E-state index in [1.807, 2.05) is 98.5 Å². The summed E-state index contributed by atoms with van der Waals surface area (Å²) in [5.41, 5.74) is 2.39. The van der Waals surface area contributed by atoms with Crippen LogP contribution in [0.2, 0.25) is 0 Å². The molecule has 7 heteroatoms. The highest BCUT2D eigenvalue weighted by molar-refractivity contribution is 5.73. The molecular weight excluding hydrogens is 492 g/mol. The van der Waals surface area contributed by atoms with Crippen molar-refractivity contribution in [2.45, 2.75) is 45.3 Å².